The molecule has 92 valence electrons. The molecule has 2 nitrogen and oxygen atoms in total. The van der Waals surface area contributed by atoms with Gasteiger partial charge in [0.25, 0.3) is 0 Å². The second-order valence-corrected chi connectivity index (χ2v) is 4.26. The fourth-order valence-corrected chi connectivity index (χ4v) is 1.67. The van der Waals surface area contributed by atoms with Crippen molar-refractivity contribution >= 4 is 11.3 Å². The summed E-state index contributed by atoms with van der Waals surface area (Å²) < 4.78 is 0. The van der Waals surface area contributed by atoms with Crippen molar-refractivity contribution in [1.29, 1.82) is 0 Å². The van der Waals surface area contributed by atoms with E-state index in [-0.39, 0.29) is 0 Å². The summed E-state index contributed by atoms with van der Waals surface area (Å²) in [5.74, 6) is 0. The summed E-state index contributed by atoms with van der Waals surface area (Å²) in [5, 5.41) is 10.5. The summed E-state index contributed by atoms with van der Waals surface area (Å²) in [6.07, 6.45) is 0. The lowest BCUT2D eigenvalue weighted by atomic mass is 10.4. The summed E-state index contributed by atoms with van der Waals surface area (Å²) in [7, 11) is 0. The zero-order valence-electron chi connectivity index (χ0n) is 10.0. The molecular formula is C14H20N2S. The Labute approximate surface area is 108 Å². The summed E-state index contributed by atoms with van der Waals surface area (Å²) in [6, 6.07) is 16.0. The van der Waals surface area contributed by atoms with Crippen LogP contribution in [0.15, 0.2) is 59.3 Å². The van der Waals surface area contributed by atoms with Crippen molar-refractivity contribution in [2.24, 2.45) is 0 Å². The molecule has 1 fully saturated rings. The third kappa shape index (κ3) is 9.75. The standard InChI is InChI=1S/C6H6.C4H10N2.C4H4S/c1-2-4-6-5-3-1;1-2-6-4-3-5-1;1-2-4-5-3-1/h1-6H;5-6H,1-4H2;1-4H. The molecule has 0 radical (unpaired) electrons. The molecule has 2 heterocycles. The van der Waals surface area contributed by atoms with Crippen LogP contribution in [0.2, 0.25) is 0 Å². The first-order chi connectivity index (χ1) is 8.50. The van der Waals surface area contributed by atoms with E-state index in [0.717, 1.165) is 26.2 Å². The molecule has 1 saturated heterocycles. The molecular weight excluding hydrogens is 228 g/mol. The van der Waals surface area contributed by atoms with E-state index in [0.29, 0.717) is 0 Å². The van der Waals surface area contributed by atoms with Gasteiger partial charge >= 0.3 is 0 Å². The highest BCUT2D eigenvalue weighted by molar-refractivity contribution is 7.07. The Balaban J connectivity index is 0.000000128. The Kier molecular flexibility index (Phi) is 9.27. The van der Waals surface area contributed by atoms with Crippen molar-refractivity contribution in [3.05, 3.63) is 59.3 Å². The minimum absolute atomic E-state index is 1.14. The molecule has 1 aromatic heterocycles. The van der Waals surface area contributed by atoms with Crippen molar-refractivity contribution in [1.82, 2.24) is 10.6 Å². The van der Waals surface area contributed by atoms with E-state index in [4.69, 9.17) is 0 Å². The highest BCUT2D eigenvalue weighted by atomic mass is 32.1. The number of thiophene rings is 1. The topological polar surface area (TPSA) is 24.1 Å². The quantitative estimate of drug-likeness (QED) is 0.749. The summed E-state index contributed by atoms with van der Waals surface area (Å²) in [4.78, 5) is 0. The van der Waals surface area contributed by atoms with Crippen LogP contribution in [0, 0.1) is 0 Å². The molecule has 0 atom stereocenters. The molecule has 0 spiro atoms. The molecule has 1 aliphatic heterocycles. The molecule has 0 aliphatic carbocycles. The maximum atomic E-state index is 3.22. The number of piperazine rings is 1. The van der Waals surface area contributed by atoms with Crippen LogP contribution in [0.1, 0.15) is 0 Å². The highest BCUT2D eigenvalue weighted by Crippen LogP contribution is 1.91. The van der Waals surface area contributed by atoms with Gasteiger partial charge in [0.1, 0.15) is 0 Å². The minimum atomic E-state index is 1.14. The Morgan fingerprint density at radius 3 is 1.06 bits per heavy atom. The second kappa shape index (κ2) is 11.3. The zero-order valence-corrected chi connectivity index (χ0v) is 10.8. The Hall–Kier alpha value is -1.16. The first kappa shape index (κ1) is 13.9. The average molecular weight is 248 g/mol. The lowest BCUT2D eigenvalue weighted by Crippen LogP contribution is -2.39. The molecule has 17 heavy (non-hydrogen) atoms. The molecule has 1 aromatic carbocycles. The van der Waals surface area contributed by atoms with Gasteiger partial charge < -0.3 is 10.6 Å². The van der Waals surface area contributed by atoms with E-state index in [2.05, 4.69) is 10.6 Å². The molecule has 1 aliphatic rings. The van der Waals surface area contributed by atoms with Crippen LogP contribution in [0.4, 0.5) is 0 Å². The summed E-state index contributed by atoms with van der Waals surface area (Å²) >= 11 is 1.71. The highest BCUT2D eigenvalue weighted by Gasteiger charge is 1.91. The van der Waals surface area contributed by atoms with Gasteiger partial charge in [-0.3, -0.25) is 0 Å². The van der Waals surface area contributed by atoms with Crippen LogP contribution in [-0.2, 0) is 0 Å². The van der Waals surface area contributed by atoms with Crippen molar-refractivity contribution in [3.63, 3.8) is 0 Å². The van der Waals surface area contributed by atoms with Gasteiger partial charge in [-0.1, -0.05) is 48.5 Å². The molecule has 0 saturated carbocycles. The molecule has 3 rings (SSSR count). The normalized spacial score (nSPS) is 13.6. The van der Waals surface area contributed by atoms with Crippen LogP contribution in [0.25, 0.3) is 0 Å². The smallest absolute Gasteiger partial charge is 0.00772 e. The maximum Gasteiger partial charge on any atom is 0.00772 e. The SMILES string of the molecule is C1CNCCN1.c1ccccc1.c1ccsc1. The fraction of sp³-hybridized carbons (Fsp3) is 0.286. The number of benzene rings is 1. The lowest BCUT2D eigenvalue weighted by Gasteiger charge is -2.11. The van der Waals surface area contributed by atoms with Crippen LogP contribution in [-0.4, -0.2) is 26.2 Å². The Morgan fingerprint density at radius 2 is 0.882 bits per heavy atom. The van der Waals surface area contributed by atoms with Crippen LogP contribution in [0.5, 0.6) is 0 Å². The van der Waals surface area contributed by atoms with Crippen LogP contribution < -0.4 is 10.6 Å². The molecule has 0 unspecified atom stereocenters. The van der Waals surface area contributed by atoms with Crippen LogP contribution in [0.3, 0.4) is 0 Å². The van der Waals surface area contributed by atoms with Gasteiger partial charge in [0.05, 0.1) is 0 Å². The minimum Gasteiger partial charge on any atom is -0.314 e. The Morgan fingerprint density at radius 1 is 0.529 bits per heavy atom. The predicted molar refractivity (Wildman–Crippen MR) is 76.5 cm³/mol. The number of nitrogens with one attached hydrogen (secondary N) is 2. The van der Waals surface area contributed by atoms with E-state index in [9.17, 15) is 0 Å². The van der Waals surface area contributed by atoms with Gasteiger partial charge in [-0.05, 0) is 10.8 Å². The van der Waals surface area contributed by atoms with Gasteiger partial charge in [-0.2, -0.15) is 11.3 Å². The lowest BCUT2D eigenvalue weighted by molar-refractivity contribution is 0.534. The van der Waals surface area contributed by atoms with Gasteiger partial charge in [0.2, 0.25) is 0 Å². The fourth-order valence-electron chi connectivity index (χ4n) is 1.22. The van der Waals surface area contributed by atoms with Crippen molar-refractivity contribution in [2.75, 3.05) is 26.2 Å². The summed E-state index contributed by atoms with van der Waals surface area (Å²) in [6.45, 7) is 4.56. The third-order valence-corrected chi connectivity index (χ3v) is 2.68. The zero-order chi connectivity index (χ0) is 12.0. The van der Waals surface area contributed by atoms with Crippen molar-refractivity contribution in [2.45, 2.75) is 0 Å². The second-order valence-electron chi connectivity index (χ2n) is 3.45. The number of hydrogen-bond acceptors (Lipinski definition) is 3. The van der Waals surface area contributed by atoms with Gasteiger partial charge in [0.15, 0.2) is 0 Å². The molecule has 0 bridgehead atoms. The first-order valence-corrected chi connectivity index (χ1v) is 6.83. The molecule has 2 N–H and O–H groups in total. The van der Waals surface area contributed by atoms with E-state index >= 15 is 0 Å². The maximum absolute atomic E-state index is 3.22. The van der Waals surface area contributed by atoms with Crippen LogP contribution >= 0.6 is 11.3 Å². The van der Waals surface area contributed by atoms with Gasteiger partial charge in [-0.25, -0.2) is 0 Å². The Bertz CT molecular complexity index is 262. The summed E-state index contributed by atoms with van der Waals surface area (Å²) in [5.41, 5.74) is 0. The van der Waals surface area contributed by atoms with E-state index in [1.807, 2.05) is 59.3 Å². The van der Waals surface area contributed by atoms with E-state index in [1.165, 1.54) is 0 Å². The van der Waals surface area contributed by atoms with Gasteiger partial charge in [-0.15, -0.1) is 0 Å². The van der Waals surface area contributed by atoms with Crippen molar-refractivity contribution in [3.8, 4) is 0 Å². The number of rotatable bonds is 0. The molecule has 0 amide bonds. The third-order valence-electron chi connectivity index (χ3n) is 2.05. The average Bonchev–Trinajstić information content (AvgIpc) is 3.03. The molecule has 3 heteroatoms. The van der Waals surface area contributed by atoms with Crippen molar-refractivity contribution < 1.29 is 0 Å². The first-order valence-electron chi connectivity index (χ1n) is 5.89. The van der Waals surface area contributed by atoms with Gasteiger partial charge in [0, 0.05) is 26.2 Å². The predicted octanol–water partition coefficient (Wildman–Crippen LogP) is 2.61. The molecule has 2 aromatic rings. The number of hydrogen-bond donors (Lipinski definition) is 2. The largest absolute Gasteiger partial charge is 0.314 e. The monoisotopic (exact) mass is 248 g/mol. The van der Waals surface area contributed by atoms with E-state index in [1.54, 1.807) is 11.3 Å². The van der Waals surface area contributed by atoms with E-state index < -0.39 is 0 Å².